The molecule has 0 atom stereocenters. The highest BCUT2D eigenvalue weighted by atomic mass is 79.9. The Balaban J connectivity index is 2.03. The Hall–Kier alpha value is -2.66. The topological polar surface area (TPSA) is 48.0 Å². The number of carbonyl (C=O) groups excluding carboxylic acids is 1. The fourth-order valence-electron chi connectivity index (χ4n) is 3.84. The van der Waals surface area contributed by atoms with E-state index in [9.17, 15) is 9.18 Å². The maximum atomic E-state index is 13.8. The first kappa shape index (κ1) is 18.7. The van der Waals surface area contributed by atoms with E-state index in [2.05, 4.69) is 45.6 Å². The van der Waals surface area contributed by atoms with Gasteiger partial charge < -0.3 is 10.3 Å². The molecule has 0 fully saturated rings. The molecule has 1 heterocycles. The van der Waals surface area contributed by atoms with E-state index in [1.807, 2.05) is 12.1 Å². The first-order chi connectivity index (χ1) is 13.5. The van der Waals surface area contributed by atoms with E-state index >= 15 is 0 Å². The average Bonchev–Trinajstić information content (AvgIpc) is 2.98. The van der Waals surface area contributed by atoms with Gasteiger partial charge in [0.25, 0.3) is 0 Å². The molecule has 1 aromatic heterocycles. The van der Waals surface area contributed by atoms with Crippen molar-refractivity contribution in [1.29, 1.82) is 0 Å². The smallest absolute Gasteiger partial charge is 0.249 e. The SMILES string of the molecule is CCCc1ccc2c3c(C(N)=O)cccc3n(Cc3cc(F)ccc3Br)c2c1. The number of nitrogens with zero attached hydrogens (tertiary/aromatic N) is 1. The number of hydrogen-bond acceptors (Lipinski definition) is 1. The predicted octanol–water partition coefficient (Wildman–Crippen LogP) is 5.80. The van der Waals surface area contributed by atoms with Gasteiger partial charge in [-0.15, -0.1) is 0 Å². The number of primary amides is 1. The van der Waals surface area contributed by atoms with Crippen molar-refractivity contribution in [2.75, 3.05) is 0 Å². The second kappa shape index (κ2) is 7.40. The molecule has 0 aliphatic heterocycles. The van der Waals surface area contributed by atoms with E-state index in [1.165, 1.54) is 17.7 Å². The lowest BCUT2D eigenvalue weighted by Gasteiger charge is -2.11. The minimum atomic E-state index is -0.450. The number of carbonyl (C=O) groups is 1. The normalized spacial score (nSPS) is 11.4. The summed E-state index contributed by atoms with van der Waals surface area (Å²) in [5.74, 6) is -0.724. The highest BCUT2D eigenvalue weighted by molar-refractivity contribution is 9.10. The number of aromatic nitrogens is 1. The quantitative estimate of drug-likeness (QED) is 0.420. The van der Waals surface area contributed by atoms with Crippen molar-refractivity contribution >= 4 is 43.6 Å². The third-order valence-electron chi connectivity index (χ3n) is 5.10. The molecule has 0 spiro atoms. The number of benzene rings is 3. The van der Waals surface area contributed by atoms with E-state index in [4.69, 9.17) is 5.73 Å². The molecule has 4 rings (SSSR count). The van der Waals surface area contributed by atoms with Crippen LogP contribution in [0.3, 0.4) is 0 Å². The third-order valence-corrected chi connectivity index (χ3v) is 5.87. The Kier molecular flexibility index (Phi) is 4.94. The lowest BCUT2D eigenvalue weighted by Crippen LogP contribution is -2.11. The molecule has 4 aromatic rings. The van der Waals surface area contributed by atoms with Gasteiger partial charge in [-0.1, -0.05) is 47.5 Å². The van der Waals surface area contributed by atoms with Crippen LogP contribution in [-0.4, -0.2) is 10.5 Å². The molecular weight excluding hydrogens is 419 g/mol. The molecule has 28 heavy (non-hydrogen) atoms. The average molecular weight is 439 g/mol. The molecule has 3 nitrogen and oxygen atoms in total. The van der Waals surface area contributed by atoms with Gasteiger partial charge in [0.2, 0.25) is 5.91 Å². The predicted molar refractivity (Wildman–Crippen MR) is 115 cm³/mol. The van der Waals surface area contributed by atoms with Gasteiger partial charge >= 0.3 is 0 Å². The Morgan fingerprint density at radius 1 is 1.11 bits per heavy atom. The first-order valence-electron chi connectivity index (χ1n) is 9.27. The maximum Gasteiger partial charge on any atom is 0.249 e. The summed E-state index contributed by atoms with van der Waals surface area (Å²) in [6.45, 7) is 2.63. The second-order valence-corrected chi connectivity index (χ2v) is 7.84. The summed E-state index contributed by atoms with van der Waals surface area (Å²) in [5.41, 5.74) is 10.2. The largest absolute Gasteiger partial charge is 0.366 e. The number of aryl methyl sites for hydroxylation is 1. The molecule has 0 unspecified atom stereocenters. The number of amides is 1. The number of nitrogens with two attached hydrogens (primary N) is 1. The molecule has 0 bridgehead atoms. The fourth-order valence-corrected chi connectivity index (χ4v) is 4.22. The van der Waals surface area contributed by atoms with Crippen LogP contribution in [0.5, 0.6) is 0 Å². The zero-order valence-electron chi connectivity index (χ0n) is 15.5. The Morgan fingerprint density at radius 2 is 1.93 bits per heavy atom. The second-order valence-electron chi connectivity index (χ2n) is 6.99. The van der Waals surface area contributed by atoms with Crippen molar-refractivity contribution < 1.29 is 9.18 Å². The minimum Gasteiger partial charge on any atom is -0.366 e. The Labute approximate surface area is 171 Å². The summed E-state index contributed by atoms with van der Waals surface area (Å²) in [4.78, 5) is 12.1. The Bertz CT molecular complexity index is 1210. The summed E-state index contributed by atoms with van der Waals surface area (Å²) in [6.07, 6.45) is 2.03. The molecule has 0 saturated heterocycles. The summed E-state index contributed by atoms with van der Waals surface area (Å²) < 4.78 is 16.8. The van der Waals surface area contributed by atoms with Crippen molar-refractivity contribution in [3.8, 4) is 0 Å². The first-order valence-corrected chi connectivity index (χ1v) is 10.1. The van der Waals surface area contributed by atoms with Crippen LogP contribution in [-0.2, 0) is 13.0 Å². The zero-order valence-corrected chi connectivity index (χ0v) is 17.1. The summed E-state index contributed by atoms with van der Waals surface area (Å²) in [6, 6.07) is 16.6. The standard InChI is InChI=1S/C23H20BrFN2O/c1-2-4-14-7-9-17-21(11-14)27(13-15-12-16(25)8-10-19(15)24)20-6-3-5-18(22(17)20)23(26)28/h3,5-12H,2,4,13H2,1H3,(H2,26,28). The van der Waals surface area contributed by atoms with Crippen LogP contribution in [0.1, 0.15) is 34.8 Å². The van der Waals surface area contributed by atoms with Crippen LogP contribution < -0.4 is 5.73 Å². The molecule has 0 aliphatic rings. The van der Waals surface area contributed by atoms with Crippen LogP contribution >= 0.6 is 15.9 Å². The van der Waals surface area contributed by atoms with Crippen LogP contribution in [0.2, 0.25) is 0 Å². The van der Waals surface area contributed by atoms with E-state index < -0.39 is 5.91 Å². The Morgan fingerprint density at radius 3 is 2.68 bits per heavy atom. The monoisotopic (exact) mass is 438 g/mol. The maximum absolute atomic E-state index is 13.8. The highest BCUT2D eigenvalue weighted by Crippen LogP contribution is 2.34. The van der Waals surface area contributed by atoms with Crippen LogP contribution in [0, 0.1) is 5.82 Å². The lowest BCUT2D eigenvalue weighted by atomic mass is 10.0. The fraction of sp³-hybridized carbons (Fsp3) is 0.174. The molecule has 0 radical (unpaired) electrons. The molecule has 0 aliphatic carbocycles. The summed E-state index contributed by atoms with van der Waals surface area (Å²) in [5, 5.41) is 1.83. The molecule has 0 saturated carbocycles. The van der Waals surface area contributed by atoms with Gasteiger partial charge in [0.1, 0.15) is 5.82 Å². The highest BCUT2D eigenvalue weighted by Gasteiger charge is 2.17. The number of fused-ring (bicyclic) bond motifs is 3. The van der Waals surface area contributed by atoms with Gasteiger partial charge in [0.15, 0.2) is 0 Å². The van der Waals surface area contributed by atoms with Gasteiger partial charge in [-0.2, -0.15) is 0 Å². The van der Waals surface area contributed by atoms with E-state index in [0.29, 0.717) is 12.1 Å². The van der Waals surface area contributed by atoms with Gasteiger partial charge in [-0.05, 0) is 53.9 Å². The van der Waals surface area contributed by atoms with Crippen molar-refractivity contribution in [3.05, 3.63) is 81.6 Å². The minimum absolute atomic E-state index is 0.275. The van der Waals surface area contributed by atoms with Crippen molar-refractivity contribution in [3.63, 3.8) is 0 Å². The lowest BCUT2D eigenvalue weighted by molar-refractivity contribution is 0.100. The van der Waals surface area contributed by atoms with Crippen LogP contribution in [0.15, 0.2) is 59.1 Å². The molecule has 1 amide bonds. The van der Waals surface area contributed by atoms with Gasteiger partial charge in [0, 0.05) is 32.9 Å². The van der Waals surface area contributed by atoms with Crippen molar-refractivity contribution in [2.24, 2.45) is 5.73 Å². The number of halogens is 2. The molecule has 3 aromatic carbocycles. The van der Waals surface area contributed by atoms with E-state index in [0.717, 1.165) is 44.7 Å². The number of rotatable bonds is 5. The molecule has 2 N–H and O–H groups in total. The van der Waals surface area contributed by atoms with Gasteiger partial charge in [0.05, 0.1) is 5.52 Å². The summed E-state index contributed by atoms with van der Waals surface area (Å²) >= 11 is 3.53. The zero-order chi connectivity index (χ0) is 19.8. The van der Waals surface area contributed by atoms with E-state index in [-0.39, 0.29) is 5.82 Å². The third kappa shape index (κ3) is 3.20. The molecular formula is C23H20BrFN2O. The van der Waals surface area contributed by atoms with E-state index in [1.54, 1.807) is 12.1 Å². The van der Waals surface area contributed by atoms with Gasteiger partial charge in [-0.3, -0.25) is 4.79 Å². The van der Waals surface area contributed by atoms with Crippen molar-refractivity contribution in [1.82, 2.24) is 4.57 Å². The summed E-state index contributed by atoms with van der Waals surface area (Å²) in [7, 11) is 0. The van der Waals surface area contributed by atoms with Crippen molar-refractivity contribution in [2.45, 2.75) is 26.3 Å². The molecule has 142 valence electrons. The van der Waals surface area contributed by atoms with Crippen LogP contribution in [0.4, 0.5) is 4.39 Å². The number of hydrogen-bond donors (Lipinski definition) is 1. The van der Waals surface area contributed by atoms with Gasteiger partial charge in [-0.25, -0.2) is 4.39 Å². The molecule has 5 heteroatoms. The van der Waals surface area contributed by atoms with Crippen LogP contribution in [0.25, 0.3) is 21.8 Å².